The molecule has 2 aromatic carbocycles. The highest BCUT2D eigenvalue weighted by Crippen LogP contribution is 2.43. The van der Waals surface area contributed by atoms with Crippen LogP contribution in [0.5, 0.6) is 5.75 Å². The summed E-state index contributed by atoms with van der Waals surface area (Å²) >= 11 is 3.53. The molecule has 9 nitrogen and oxygen atoms in total. The molecule has 0 radical (unpaired) electrons. The molecular formula is C30H34BrFN6O3. The van der Waals surface area contributed by atoms with Gasteiger partial charge in [-0.3, -0.25) is 0 Å². The normalized spacial score (nSPS) is 14.4. The van der Waals surface area contributed by atoms with Crippen LogP contribution in [0.4, 0.5) is 20.7 Å². The summed E-state index contributed by atoms with van der Waals surface area (Å²) in [5.41, 5.74) is 11.1. The van der Waals surface area contributed by atoms with Gasteiger partial charge in [-0.2, -0.15) is 0 Å². The minimum atomic E-state index is -0.572. The Labute approximate surface area is 246 Å². The molecule has 5 rings (SSSR count). The van der Waals surface area contributed by atoms with Gasteiger partial charge in [-0.05, 0) is 75.9 Å². The second kappa shape index (κ2) is 11.2. The molecule has 2 aromatic heterocycles. The third-order valence-electron chi connectivity index (χ3n) is 6.94. The van der Waals surface area contributed by atoms with Gasteiger partial charge in [0.2, 0.25) is 0 Å². The highest BCUT2D eigenvalue weighted by atomic mass is 79.9. The molecule has 0 atom stereocenters. The average Bonchev–Trinajstić information content (AvgIpc) is 3.30. The monoisotopic (exact) mass is 624 g/mol. The lowest BCUT2D eigenvalue weighted by Gasteiger charge is -2.36. The number of hydrogen-bond donors (Lipinski definition) is 3. The van der Waals surface area contributed by atoms with E-state index in [1.807, 2.05) is 45.9 Å². The molecule has 4 aromatic rings. The first kappa shape index (κ1) is 28.7. The first-order valence-electron chi connectivity index (χ1n) is 13.5. The van der Waals surface area contributed by atoms with Gasteiger partial charge in [-0.15, -0.1) is 0 Å². The van der Waals surface area contributed by atoms with Crippen molar-refractivity contribution >= 4 is 44.6 Å². The summed E-state index contributed by atoms with van der Waals surface area (Å²) in [6.07, 6.45) is 2.63. The zero-order chi connectivity index (χ0) is 29.5. The first-order valence-corrected chi connectivity index (χ1v) is 14.3. The van der Waals surface area contributed by atoms with Crippen molar-refractivity contribution < 1.29 is 18.7 Å². The fourth-order valence-electron chi connectivity index (χ4n) is 5.23. The summed E-state index contributed by atoms with van der Waals surface area (Å²) in [6.45, 7) is 8.61. The number of aromatic nitrogens is 3. The number of halogens is 2. The number of pyridine rings is 1. The molecule has 0 bridgehead atoms. The molecular weight excluding hydrogens is 591 g/mol. The molecule has 0 unspecified atom stereocenters. The van der Waals surface area contributed by atoms with Crippen LogP contribution in [0.15, 0.2) is 41.0 Å². The van der Waals surface area contributed by atoms with E-state index in [1.54, 1.807) is 13.3 Å². The first-order chi connectivity index (χ1) is 19.4. The van der Waals surface area contributed by atoms with Crippen LogP contribution in [-0.2, 0) is 4.74 Å². The Kier molecular flexibility index (Phi) is 7.83. The van der Waals surface area contributed by atoms with E-state index in [-0.39, 0.29) is 11.9 Å². The van der Waals surface area contributed by atoms with E-state index in [9.17, 15) is 9.18 Å². The summed E-state index contributed by atoms with van der Waals surface area (Å²) in [5, 5.41) is 2.99. The van der Waals surface area contributed by atoms with Crippen LogP contribution in [0.3, 0.4) is 0 Å². The van der Waals surface area contributed by atoms with Crippen LogP contribution in [0.1, 0.15) is 39.2 Å². The number of alkyl carbamates (subject to hydrolysis) is 1. The van der Waals surface area contributed by atoms with Crippen LogP contribution in [-0.4, -0.2) is 52.9 Å². The Balaban J connectivity index is 1.58. The van der Waals surface area contributed by atoms with Crippen molar-refractivity contribution in [2.45, 2.75) is 52.2 Å². The number of piperidine rings is 1. The highest BCUT2D eigenvalue weighted by molar-refractivity contribution is 9.10. The number of nitrogens with zero attached hydrogens (tertiary/aromatic N) is 3. The average molecular weight is 626 g/mol. The predicted molar refractivity (Wildman–Crippen MR) is 163 cm³/mol. The number of nitrogens with one attached hydrogen (secondary N) is 2. The SMILES string of the molecule is COc1cc(Br)cc2[nH]c(-c3c(N)ncc(-c4cc(C)cc(F)c4)c3N3CCC(NC(=O)OC(C)(C)C)CC3)nc12. The van der Waals surface area contributed by atoms with Gasteiger partial charge >= 0.3 is 6.09 Å². The van der Waals surface area contributed by atoms with Gasteiger partial charge in [0.05, 0.1) is 23.9 Å². The Bertz CT molecular complexity index is 1590. The molecule has 0 spiro atoms. The number of ether oxygens (including phenoxy) is 2. The summed E-state index contributed by atoms with van der Waals surface area (Å²) < 4.78 is 26.5. The molecule has 41 heavy (non-hydrogen) atoms. The van der Waals surface area contributed by atoms with Gasteiger partial charge in [-0.25, -0.2) is 19.2 Å². The van der Waals surface area contributed by atoms with Crippen LogP contribution < -0.4 is 20.7 Å². The number of H-pyrrole nitrogens is 1. The minimum absolute atomic E-state index is 0.0450. The number of carbonyl (C=O) groups excluding carboxylic acids is 1. The van der Waals surface area contributed by atoms with Crippen LogP contribution >= 0.6 is 15.9 Å². The van der Waals surface area contributed by atoms with E-state index in [4.69, 9.17) is 20.2 Å². The van der Waals surface area contributed by atoms with Crippen molar-refractivity contribution in [3.05, 3.63) is 52.4 Å². The van der Waals surface area contributed by atoms with Crippen LogP contribution in [0.25, 0.3) is 33.5 Å². The number of fused-ring (bicyclic) bond motifs is 1. The zero-order valence-electron chi connectivity index (χ0n) is 23.8. The Hall–Kier alpha value is -3.86. The van der Waals surface area contributed by atoms with Gasteiger partial charge in [0, 0.05) is 35.4 Å². The number of aryl methyl sites for hydroxylation is 1. The fraction of sp³-hybridized carbons (Fsp3) is 0.367. The Morgan fingerprint density at radius 3 is 2.59 bits per heavy atom. The van der Waals surface area contributed by atoms with Crippen LogP contribution in [0, 0.1) is 12.7 Å². The van der Waals surface area contributed by atoms with Gasteiger partial charge in [0.15, 0.2) is 0 Å². The molecule has 1 fully saturated rings. The maximum atomic E-state index is 14.6. The maximum absolute atomic E-state index is 14.6. The number of methoxy groups -OCH3 is 1. The second-order valence-electron chi connectivity index (χ2n) is 11.3. The summed E-state index contributed by atoms with van der Waals surface area (Å²) in [6, 6.07) is 8.65. The number of aromatic amines is 1. The maximum Gasteiger partial charge on any atom is 0.407 e. The molecule has 0 saturated carbocycles. The number of imidazole rings is 1. The quantitative estimate of drug-likeness (QED) is 0.229. The summed E-state index contributed by atoms with van der Waals surface area (Å²) in [7, 11) is 1.60. The standard InChI is InChI=1S/C30H34BrFN6O3/c1-16-10-17(12-19(32)11-16)21-15-34-27(33)24(28-36-22-13-18(31)14-23(40-5)25(22)37-28)26(21)38-8-6-20(7-9-38)35-29(39)41-30(2,3)4/h10-15,20H,6-9H2,1-5H3,(H2,33,34)(H,35,39)(H,36,37). The smallest absolute Gasteiger partial charge is 0.407 e. The van der Waals surface area contributed by atoms with Crippen molar-refractivity contribution in [2.24, 2.45) is 0 Å². The Morgan fingerprint density at radius 1 is 1.20 bits per heavy atom. The molecule has 3 heterocycles. The fourth-order valence-corrected chi connectivity index (χ4v) is 5.67. The summed E-state index contributed by atoms with van der Waals surface area (Å²) in [5.74, 6) is 1.10. The number of nitrogen functional groups attached to an aromatic ring is 1. The summed E-state index contributed by atoms with van der Waals surface area (Å²) in [4.78, 5) is 27.4. The van der Waals surface area contributed by atoms with E-state index >= 15 is 0 Å². The van der Waals surface area contributed by atoms with Crippen LogP contribution in [0.2, 0.25) is 0 Å². The van der Waals surface area contributed by atoms with Crippen molar-refractivity contribution in [3.8, 4) is 28.3 Å². The van der Waals surface area contributed by atoms with E-state index < -0.39 is 11.7 Å². The minimum Gasteiger partial charge on any atom is -0.494 e. The number of hydrogen-bond acceptors (Lipinski definition) is 7. The van der Waals surface area contributed by atoms with Crippen molar-refractivity contribution in [2.75, 3.05) is 30.8 Å². The number of rotatable bonds is 5. The van der Waals surface area contributed by atoms with Crippen molar-refractivity contribution in [3.63, 3.8) is 0 Å². The molecule has 4 N–H and O–H groups in total. The lowest BCUT2D eigenvalue weighted by Crippen LogP contribution is -2.46. The molecule has 1 amide bonds. The van der Waals surface area contributed by atoms with Gasteiger partial charge in [0.25, 0.3) is 0 Å². The number of anilines is 2. The lowest BCUT2D eigenvalue weighted by atomic mass is 9.96. The predicted octanol–water partition coefficient (Wildman–Crippen LogP) is 6.59. The van der Waals surface area contributed by atoms with Gasteiger partial charge in [-0.1, -0.05) is 22.0 Å². The number of benzene rings is 2. The van der Waals surface area contributed by atoms with E-state index in [0.29, 0.717) is 60.0 Å². The molecule has 11 heteroatoms. The molecule has 0 aliphatic carbocycles. The largest absolute Gasteiger partial charge is 0.494 e. The van der Waals surface area contributed by atoms with E-state index in [0.717, 1.165) is 26.8 Å². The molecule has 1 aliphatic heterocycles. The molecule has 1 saturated heterocycles. The second-order valence-corrected chi connectivity index (χ2v) is 12.2. The topological polar surface area (TPSA) is 118 Å². The van der Waals surface area contributed by atoms with Crippen molar-refractivity contribution in [1.29, 1.82) is 0 Å². The number of amides is 1. The third-order valence-corrected chi connectivity index (χ3v) is 7.40. The molecule has 1 aliphatic rings. The lowest BCUT2D eigenvalue weighted by molar-refractivity contribution is 0.0497. The highest BCUT2D eigenvalue weighted by Gasteiger charge is 2.29. The van der Waals surface area contributed by atoms with Gasteiger partial charge in [0.1, 0.15) is 34.3 Å². The molecule has 216 valence electrons. The zero-order valence-corrected chi connectivity index (χ0v) is 25.4. The van der Waals surface area contributed by atoms with Crippen molar-refractivity contribution in [1.82, 2.24) is 20.3 Å². The third kappa shape index (κ3) is 6.24. The van der Waals surface area contributed by atoms with E-state index in [1.165, 1.54) is 12.1 Å². The number of carbonyl (C=O) groups is 1. The van der Waals surface area contributed by atoms with Gasteiger partial charge < -0.3 is 30.4 Å². The Morgan fingerprint density at radius 2 is 1.93 bits per heavy atom. The van der Waals surface area contributed by atoms with E-state index in [2.05, 4.69) is 36.1 Å². The number of nitrogens with two attached hydrogens (primary N) is 1.